The molecule has 1 aromatic carbocycles. The van der Waals surface area contributed by atoms with Gasteiger partial charge in [-0.15, -0.1) is 0 Å². The summed E-state index contributed by atoms with van der Waals surface area (Å²) in [4.78, 5) is 14.0. The summed E-state index contributed by atoms with van der Waals surface area (Å²) in [5.41, 5.74) is 1.04. The van der Waals surface area contributed by atoms with Gasteiger partial charge in [-0.05, 0) is 51.0 Å². The number of hydrogen-bond acceptors (Lipinski definition) is 1. The summed E-state index contributed by atoms with van der Waals surface area (Å²) in [6.45, 7) is 7.83. The van der Waals surface area contributed by atoms with Crippen molar-refractivity contribution in [1.82, 2.24) is 4.90 Å². The molecule has 1 rings (SSSR count). The fraction of sp³-hybridized carbons (Fsp3) is 0.500. The van der Waals surface area contributed by atoms with E-state index in [0.717, 1.165) is 6.42 Å². The number of hydrogen-bond donors (Lipinski definition) is 0. The topological polar surface area (TPSA) is 20.3 Å². The second-order valence-corrected chi connectivity index (χ2v) is 4.99. The van der Waals surface area contributed by atoms with Crippen LogP contribution in [0.1, 0.15) is 43.1 Å². The molecule has 0 aliphatic heterocycles. The number of aryl methyl sites for hydroxylation is 1. The van der Waals surface area contributed by atoms with Crippen molar-refractivity contribution in [3.05, 3.63) is 35.1 Å². The van der Waals surface area contributed by atoms with Crippen molar-refractivity contribution in [1.29, 1.82) is 0 Å². The SMILES string of the molecule is CCC(C)(C)N(C)C(=O)c1ccc(F)cc1C. The Morgan fingerprint density at radius 3 is 2.47 bits per heavy atom. The van der Waals surface area contributed by atoms with E-state index in [0.29, 0.717) is 11.1 Å². The van der Waals surface area contributed by atoms with Crippen LogP contribution in [-0.2, 0) is 0 Å². The predicted octanol–water partition coefficient (Wildman–Crippen LogP) is 3.39. The molecule has 0 saturated carbocycles. The zero-order valence-corrected chi connectivity index (χ0v) is 11.2. The van der Waals surface area contributed by atoms with Gasteiger partial charge < -0.3 is 4.90 Å². The second-order valence-electron chi connectivity index (χ2n) is 4.99. The van der Waals surface area contributed by atoms with Crippen LogP contribution >= 0.6 is 0 Å². The van der Waals surface area contributed by atoms with Crippen molar-refractivity contribution >= 4 is 5.91 Å². The van der Waals surface area contributed by atoms with Crippen LogP contribution in [0.4, 0.5) is 4.39 Å². The van der Waals surface area contributed by atoms with Crippen LogP contribution < -0.4 is 0 Å². The average Bonchev–Trinajstić information content (AvgIpc) is 2.27. The third-order valence-corrected chi connectivity index (χ3v) is 3.50. The molecular weight excluding hydrogens is 217 g/mol. The molecule has 0 aliphatic rings. The summed E-state index contributed by atoms with van der Waals surface area (Å²) in [7, 11) is 1.79. The van der Waals surface area contributed by atoms with Gasteiger partial charge in [-0.1, -0.05) is 6.92 Å². The van der Waals surface area contributed by atoms with Gasteiger partial charge in [0.1, 0.15) is 5.82 Å². The van der Waals surface area contributed by atoms with Gasteiger partial charge in [0.05, 0.1) is 0 Å². The lowest BCUT2D eigenvalue weighted by atomic mass is 9.98. The molecule has 0 radical (unpaired) electrons. The summed E-state index contributed by atoms with van der Waals surface area (Å²) >= 11 is 0. The maximum absolute atomic E-state index is 13.0. The first-order valence-corrected chi connectivity index (χ1v) is 5.84. The largest absolute Gasteiger partial charge is 0.337 e. The van der Waals surface area contributed by atoms with Crippen molar-refractivity contribution in [2.45, 2.75) is 39.7 Å². The average molecular weight is 237 g/mol. The van der Waals surface area contributed by atoms with Crippen LogP contribution in [0.25, 0.3) is 0 Å². The van der Waals surface area contributed by atoms with E-state index < -0.39 is 0 Å². The van der Waals surface area contributed by atoms with Gasteiger partial charge in [0, 0.05) is 18.2 Å². The highest BCUT2D eigenvalue weighted by Crippen LogP contribution is 2.21. The molecule has 0 N–H and O–H groups in total. The fourth-order valence-electron chi connectivity index (χ4n) is 1.56. The molecule has 0 heterocycles. The Hall–Kier alpha value is -1.38. The number of carbonyl (C=O) groups is 1. The third kappa shape index (κ3) is 2.84. The summed E-state index contributed by atoms with van der Waals surface area (Å²) in [6, 6.07) is 4.27. The normalized spacial score (nSPS) is 11.4. The molecule has 0 aromatic heterocycles. The molecule has 17 heavy (non-hydrogen) atoms. The summed E-state index contributed by atoms with van der Waals surface area (Å²) in [5.74, 6) is -0.370. The maximum Gasteiger partial charge on any atom is 0.254 e. The molecule has 0 unspecified atom stereocenters. The molecular formula is C14H20FNO. The van der Waals surface area contributed by atoms with Gasteiger partial charge in [-0.3, -0.25) is 4.79 Å². The quantitative estimate of drug-likeness (QED) is 0.789. The van der Waals surface area contributed by atoms with E-state index in [-0.39, 0.29) is 17.3 Å². The van der Waals surface area contributed by atoms with E-state index in [1.165, 1.54) is 12.1 Å². The van der Waals surface area contributed by atoms with Crippen LogP contribution in [-0.4, -0.2) is 23.4 Å². The number of carbonyl (C=O) groups excluding carboxylic acids is 1. The molecule has 94 valence electrons. The summed E-state index contributed by atoms with van der Waals surface area (Å²) < 4.78 is 13.0. The smallest absolute Gasteiger partial charge is 0.254 e. The first kappa shape index (κ1) is 13.7. The lowest BCUT2D eigenvalue weighted by Crippen LogP contribution is -2.44. The fourth-order valence-corrected chi connectivity index (χ4v) is 1.56. The Labute approximate surface area is 102 Å². The summed E-state index contributed by atoms with van der Waals surface area (Å²) in [5, 5.41) is 0. The molecule has 2 nitrogen and oxygen atoms in total. The number of halogens is 1. The zero-order valence-electron chi connectivity index (χ0n) is 11.2. The van der Waals surface area contributed by atoms with Crippen LogP contribution in [0.5, 0.6) is 0 Å². The first-order valence-electron chi connectivity index (χ1n) is 5.84. The Balaban J connectivity index is 3.05. The zero-order chi connectivity index (χ0) is 13.2. The van der Waals surface area contributed by atoms with Crippen LogP contribution in [0, 0.1) is 12.7 Å². The van der Waals surface area contributed by atoms with E-state index in [1.54, 1.807) is 24.9 Å². The summed E-state index contributed by atoms with van der Waals surface area (Å²) in [6.07, 6.45) is 0.871. The lowest BCUT2D eigenvalue weighted by Gasteiger charge is -2.35. The third-order valence-electron chi connectivity index (χ3n) is 3.50. The number of nitrogens with zero attached hydrogens (tertiary/aromatic N) is 1. The van der Waals surface area contributed by atoms with Crippen molar-refractivity contribution < 1.29 is 9.18 Å². The Bertz CT molecular complexity index is 426. The Morgan fingerprint density at radius 1 is 1.41 bits per heavy atom. The van der Waals surface area contributed by atoms with Crippen LogP contribution in [0.3, 0.4) is 0 Å². The van der Waals surface area contributed by atoms with E-state index in [4.69, 9.17) is 0 Å². The minimum Gasteiger partial charge on any atom is -0.337 e. The van der Waals surface area contributed by atoms with Gasteiger partial charge in [-0.25, -0.2) is 4.39 Å². The van der Waals surface area contributed by atoms with Crippen LogP contribution in [0.2, 0.25) is 0 Å². The lowest BCUT2D eigenvalue weighted by molar-refractivity contribution is 0.0619. The number of amides is 1. The molecule has 1 aromatic rings. The molecule has 0 aliphatic carbocycles. The first-order chi connectivity index (χ1) is 7.79. The van der Waals surface area contributed by atoms with E-state index in [2.05, 4.69) is 0 Å². The highest BCUT2D eigenvalue weighted by Gasteiger charge is 2.27. The Morgan fingerprint density at radius 2 is 2.00 bits per heavy atom. The van der Waals surface area contributed by atoms with E-state index in [9.17, 15) is 9.18 Å². The minimum atomic E-state index is -0.309. The molecule has 0 fully saturated rings. The van der Waals surface area contributed by atoms with Crippen molar-refractivity contribution in [2.75, 3.05) is 7.05 Å². The van der Waals surface area contributed by atoms with Crippen LogP contribution in [0.15, 0.2) is 18.2 Å². The van der Waals surface area contributed by atoms with E-state index >= 15 is 0 Å². The highest BCUT2D eigenvalue weighted by atomic mass is 19.1. The second kappa shape index (κ2) is 4.86. The number of benzene rings is 1. The molecule has 0 atom stereocenters. The van der Waals surface area contributed by atoms with Gasteiger partial charge >= 0.3 is 0 Å². The monoisotopic (exact) mass is 237 g/mol. The minimum absolute atomic E-state index is 0.0608. The highest BCUT2D eigenvalue weighted by molar-refractivity contribution is 5.95. The van der Waals surface area contributed by atoms with Crippen molar-refractivity contribution in [2.24, 2.45) is 0 Å². The standard InChI is InChI=1S/C14H20FNO/c1-6-14(3,4)16(5)13(17)12-8-7-11(15)9-10(12)2/h7-9H,6H2,1-5H3. The van der Waals surface area contributed by atoms with Gasteiger partial charge in [0.25, 0.3) is 5.91 Å². The predicted molar refractivity (Wildman–Crippen MR) is 67.6 cm³/mol. The molecule has 0 saturated heterocycles. The van der Waals surface area contributed by atoms with Gasteiger partial charge in [-0.2, -0.15) is 0 Å². The molecule has 3 heteroatoms. The van der Waals surface area contributed by atoms with E-state index in [1.807, 2.05) is 20.8 Å². The van der Waals surface area contributed by atoms with Gasteiger partial charge in [0.2, 0.25) is 0 Å². The maximum atomic E-state index is 13.0. The van der Waals surface area contributed by atoms with Crippen molar-refractivity contribution in [3.63, 3.8) is 0 Å². The van der Waals surface area contributed by atoms with Gasteiger partial charge in [0.15, 0.2) is 0 Å². The molecule has 0 spiro atoms. The molecule has 0 bridgehead atoms. The Kier molecular flexibility index (Phi) is 3.91. The number of rotatable bonds is 3. The molecule has 1 amide bonds. The van der Waals surface area contributed by atoms with Crippen molar-refractivity contribution in [3.8, 4) is 0 Å².